The highest BCUT2D eigenvalue weighted by Gasteiger charge is 2.26. The van der Waals surface area contributed by atoms with E-state index in [-0.39, 0.29) is 24.9 Å². The summed E-state index contributed by atoms with van der Waals surface area (Å²) in [7, 11) is 3.06. The third-order valence-electron chi connectivity index (χ3n) is 2.72. The molecule has 1 N–H and O–H groups in total. The van der Waals surface area contributed by atoms with Crippen molar-refractivity contribution in [1.29, 1.82) is 0 Å². The van der Waals surface area contributed by atoms with Gasteiger partial charge in [0.1, 0.15) is 18.0 Å². The van der Waals surface area contributed by atoms with Crippen molar-refractivity contribution in [3.8, 4) is 11.5 Å². The van der Waals surface area contributed by atoms with Crippen molar-refractivity contribution in [2.75, 3.05) is 32.2 Å². The molecule has 1 aromatic rings. The van der Waals surface area contributed by atoms with E-state index in [9.17, 15) is 9.59 Å². The molecule has 1 heterocycles. The number of amides is 2. The summed E-state index contributed by atoms with van der Waals surface area (Å²) in [5.74, 6) is 0.771. The van der Waals surface area contributed by atoms with Crippen molar-refractivity contribution in [3.05, 3.63) is 18.2 Å². The third kappa shape index (κ3) is 2.22. The van der Waals surface area contributed by atoms with Crippen molar-refractivity contribution >= 4 is 17.5 Å². The van der Waals surface area contributed by atoms with Crippen LogP contribution in [0.5, 0.6) is 11.5 Å². The lowest BCUT2D eigenvalue weighted by molar-refractivity contribution is -0.128. The van der Waals surface area contributed by atoms with Crippen molar-refractivity contribution in [1.82, 2.24) is 5.32 Å². The van der Waals surface area contributed by atoms with Gasteiger partial charge in [0.05, 0.1) is 26.5 Å². The topological polar surface area (TPSA) is 67.9 Å². The Labute approximate surface area is 104 Å². The number of benzene rings is 1. The van der Waals surface area contributed by atoms with E-state index in [1.165, 1.54) is 12.0 Å². The van der Waals surface area contributed by atoms with Gasteiger partial charge < -0.3 is 14.8 Å². The van der Waals surface area contributed by atoms with E-state index in [2.05, 4.69) is 5.32 Å². The molecule has 6 heteroatoms. The zero-order chi connectivity index (χ0) is 13.1. The van der Waals surface area contributed by atoms with Crippen LogP contribution in [-0.2, 0) is 9.59 Å². The average Bonchev–Trinajstić information content (AvgIpc) is 2.41. The molecule has 0 radical (unpaired) electrons. The van der Waals surface area contributed by atoms with E-state index in [0.29, 0.717) is 17.2 Å². The van der Waals surface area contributed by atoms with E-state index in [4.69, 9.17) is 9.47 Å². The fourth-order valence-electron chi connectivity index (χ4n) is 1.78. The van der Waals surface area contributed by atoms with Crippen molar-refractivity contribution in [3.63, 3.8) is 0 Å². The Bertz CT molecular complexity index is 487. The first kappa shape index (κ1) is 12.2. The monoisotopic (exact) mass is 250 g/mol. The van der Waals surface area contributed by atoms with Gasteiger partial charge in [0, 0.05) is 6.07 Å². The number of rotatable bonds is 3. The normalized spacial score (nSPS) is 15.3. The minimum absolute atomic E-state index is 0.00151. The largest absolute Gasteiger partial charge is 0.497 e. The van der Waals surface area contributed by atoms with Crippen LogP contribution in [0.1, 0.15) is 0 Å². The highest BCUT2D eigenvalue weighted by atomic mass is 16.5. The first-order valence-corrected chi connectivity index (χ1v) is 5.45. The van der Waals surface area contributed by atoms with E-state index < -0.39 is 0 Å². The molecule has 6 nitrogen and oxygen atoms in total. The molecule has 1 saturated heterocycles. The van der Waals surface area contributed by atoms with Crippen molar-refractivity contribution in [2.45, 2.75) is 0 Å². The average molecular weight is 250 g/mol. The summed E-state index contributed by atoms with van der Waals surface area (Å²) in [4.78, 5) is 24.5. The summed E-state index contributed by atoms with van der Waals surface area (Å²) in [5.41, 5.74) is 0.568. The Hall–Kier alpha value is -2.24. The number of nitrogens with zero attached hydrogens (tertiary/aromatic N) is 1. The fraction of sp³-hybridized carbons (Fsp3) is 0.333. The minimum atomic E-state index is -0.188. The number of ether oxygens (including phenoxy) is 2. The number of methoxy groups -OCH3 is 2. The molecule has 96 valence electrons. The second-order valence-electron chi connectivity index (χ2n) is 3.79. The molecular formula is C12H14N2O4. The van der Waals surface area contributed by atoms with E-state index in [1.807, 2.05) is 0 Å². The number of carbonyl (C=O) groups excluding carboxylic acids is 2. The molecule has 2 amide bonds. The quantitative estimate of drug-likeness (QED) is 0.830. The molecule has 1 aliphatic heterocycles. The Kier molecular flexibility index (Phi) is 3.36. The number of hydrogen-bond donors (Lipinski definition) is 1. The summed E-state index contributed by atoms with van der Waals surface area (Å²) in [6.45, 7) is 0.00946. The zero-order valence-electron chi connectivity index (χ0n) is 10.2. The number of anilines is 1. The summed E-state index contributed by atoms with van der Waals surface area (Å²) in [6, 6.07) is 5.10. The molecule has 0 bridgehead atoms. The van der Waals surface area contributed by atoms with E-state index in [0.717, 1.165) is 0 Å². The maximum absolute atomic E-state index is 11.8. The highest BCUT2D eigenvalue weighted by Crippen LogP contribution is 2.32. The molecule has 1 aromatic carbocycles. The molecule has 0 unspecified atom stereocenters. The van der Waals surface area contributed by atoms with Gasteiger partial charge in [0.15, 0.2) is 0 Å². The van der Waals surface area contributed by atoms with Crippen molar-refractivity contribution < 1.29 is 19.1 Å². The van der Waals surface area contributed by atoms with Crippen LogP contribution in [0.2, 0.25) is 0 Å². The number of hydrogen-bond acceptors (Lipinski definition) is 4. The second-order valence-corrected chi connectivity index (χ2v) is 3.79. The molecule has 0 spiro atoms. The molecule has 2 rings (SSSR count). The smallest absolute Gasteiger partial charge is 0.246 e. The summed E-state index contributed by atoms with van der Waals surface area (Å²) >= 11 is 0. The lowest BCUT2D eigenvalue weighted by atomic mass is 10.2. The summed E-state index contributed by atoms with van der Waals surface area (Å²) in [6.07, 6.45) is 0. The Balaban J connectivity index is 2.36. The Morgan fingerprint density at radius 1 is 1.22 bits per heavy atom. The first-order valence-electron chi connectivity index (χ1n) is 5.45. The lowest BCUT2D eigenvalue weighted by Crippen LogP contribution is -2.51. The van der Waals surface area contributed by atoms with Gasteiger partial charge in [-0.05, 0) is 12.1 Å². The van der Waals surface area contributed by atoms with Crippen LogP contribution >= 0.6 is 0 Å². The number of carbonyl (C=O) groups is 2. The predicted octanol–water partition coefficient (Wildman–Crippen LogP) is 0.167. The van der Waals surface area contributed by atoms with Gasteiger partial charge in [-0.25, -0.2) is 0 Å². The van der Waals surface area contributed by atoms with E-state index in [1.54, 1.807) is 25.3 Å². The van der Waals surface area contributed by atoms with Gasteiger partial charge >= 0.3 is 0 Å². The van der Waals surface area contributed by atoms with Gasteiger partial charge in [-0.3, -0.25) is 14.5 Å². The molecule has 0 saturated carbocycles. The van der Waals surface area contributed by atoms with Gasteiger partial charge in [-0.1, -0.05) is 0 Å². The Morgan fingerprint density at radius 2 is 2.00 bits per heavy atom. The number of piperazine rings is 1. The Morgan fingerprint density at radius 3 is 2.67 bits per heavy atom. The molecule has 0 aromatic heterocycles. The van der Waals surface area contributed by atoms with Gasteiger partial charge in [0.2, 0.25) is 11.8 Å². The third-order valence-corrected chi connectivity index (χ3v) is 2.72. The van der Waals surface area contributed by atoms with E-state index >= 15 is 0 Å². The van der Waals surface area contributed by atoms with Crippen LogP contribution in [0.15, 0.2) is 18.2 Å². The number of nitrogens with one attached hydrogen (secondary N) is 1. The molecule has 1 aliphatic rings. The minimum Gasteiger partial charge on any atom is -0.497 e. The van der Waals surface area contributed by atoms with Crippen LogP contribution in [0, 0.1) is 0 Å². The van der Waals surface area contributed by atoms with Crippen molar-refractivity contribution in [2.24, 2.45) is 0 Å². The summed E-state index contributed by atoms with van der Waals surface area (Å²) in [5, 5.41) is 2.50. The second kappa shape index (κ2) is 4.95. The van der Waals surface area contributed by atoms with Crippen LogP contribution in [0.3, 0.4) is 0 Å². The maximum Gasteiger partial charge on any atom is 0.246 e. The van der Waals surface area contributed by atoms with Crippen LogP contribution in [0.25, 0.3) is 0 Å². The molecule has 1 fully saturated rings. The molecular weight excluding hydrogens is 236 g/mol. The fourth-order valence-corrected chi connectivity index (χ4v) is 1.78. The first-order chi connectivity index (χ1) is 8.65. The SMILES string of the molecule is COc1ccc(N2CC(=O)NCC2=O)c(OC)c1. The maximum atomic E-state index is 11.8. The van der Waals surface area contributed by atoms with Gasteiger partial charge in [0.25, 0.3) is 0 Å². The lowest BCUT2D eigenvalue weighted by Gasteiger charge is -2.28. The van der Waals surface area contributed by atoms with Gasteiger partial charge in [-0.15, -0.1) is 0 Å². The molecule has 18 heavy (non-hydrogen) atoms. The van der Waals surface area contributed by atoms with Crippen LogP contribution < -0.4 is 19.7 Å². The zero-order valence-corrected chi connectivity index (χ0v) is 10.2. The molecule has 0 atom stereocenters. The van der Waals surface area contributed by atoms with Gasteiger partial charge in [-0.2, -0.15) is 0 Å². The van der Waals surface area contributed by atoms with Crippen LogP contribution in [0.4, 0.5) is 5.69 Å². The standard InChI is InChI=1S/C12H14N2O4/c1-17-8-3-4-9(10(5-8)18-2)14-7-11(15)13-6-12(14)16/h3-5H,6-7H2,1-2H3,(H,13,15). The predicted molar refractivity (Wildman–Crippen MR) is 64.9 cm³/mol. The highest BCUT2D eigenvalue weighted by molar-refractivity contribution is 6.05. The van der Waals surface area contributed by atoms with Crippen LogP contribution in [-0.4, -0.2) is 39.1 Å². The molecule has 0 aliphatic carbocycles. The summed E-state index contributed by atoms with van der Waals surface area (Å²) < 4.78 is 10.3.